The van der Waals surface area contributed by atoms with Gasteiger partial charge in [-0.05, 0) is 48.7 Å². The van der Waals surface area contributed by atoms with Crippen LogP contribution in [0.1, 0.15) is 21.5 Å². The first-order valence-electron chi connectivity index (χ1n) is 6.25. The third-order valence-electron chi connectivity index (χ3n) is 3.03. The summed E-state index contributed by atoms with van der Waals surface area (Å²) in [5.74, 6) is -0.921. The highest BCUT2D eigenvalue weighted by Gasteiger charge is 2.09. The van der Waals surface area contributed by atoms with Crippen molar-refractivity contribution in [1.82, 2.24) is 4.98 Å². The first-order chi connectivity index (χ1) is 9.58. The molecule has 0 saturated heterocycles. The number of benzene rings is 1. The van der Waals surface area contributed by atoms with Crippen LogP contribution >= 0.6 is 0 Å². The van der Waals surface area contributed by atoms with Crippen molar-refractivity contribution in [3.05, 3.63) is 59.0 Å². The summed E-state index contributed by atoms with van der Waals surface area (Å²) in [7, 11) is 0. The molecule has 0 amide bonds. The fourth-order valence-corrected chi connectivity index (χ4v) is 1.97. The van der Waals surface area contributed by atoms with Gasteiger partial charge in [0.05, 0.1) is 0 Å². The molecule has 2 N–H and O–H groups in total. The monoisotopic (exact) mass is 274 g/mol. The number of nitrogens with zero attached hydrogens (tertiary/aromatic N) is 1. The average Bonchev–Trinajstić information content (AvgIpc) is 2.41. The van der Waals surface area contributed by atoms with Crippen LogP contribution < -0.4 is 5.32 Å². The van der Waals surface area contributed by atoms with Crippen LogP contribution in [0.3, 0.4) is 0 Å². The molecule has 5 heteroatoms. The van der Waals surface area contributed by atoms with Gasteiger partial charge in [-0.2, -0.15) is 0 Å². The zero-order valence-corrected chi connectivity index (χ0v) is 11.1. The minimum Gasteiger partial charge on any atom is -0.478 e. The molecule has 4 nitrogen and oxygen atoms in total. The Bertz CT molecular complexity index is 629. The second kappa shape index (κ2) is 6.14. The minimum absolute atomic E-state index is 0.142. The van der Waals surface area contributed by atoms with Crippen LogP contribution in [0.5, 0.6) is 0 Å². The third-order valence-corrected chi connectivity index (χ3v) is 3.03. The number of carboxylic acids is 1. The Hall–Kier alpha value is -2.43. The highest BCUT2D eigenvalue weighted by Crippen LogP contribution is 2.13. The molecule has 0 spiro atoms. The first kappa shape index (κ1) is 14.0. The number of hydrogen-bond acceptors (Lipinski definition) is 3. The lowest BCUT2D eigenvalue weighted by Gasteiger charge is -2.09. The van der Waals surface area contributed by atoms with Crippen LogP contribution in [0.25, 0.3) is 0 Å². The van der Waals surface area contributed by atoms with E-state index in [1.54, 1.807) is 12.1 Å². The molecule has 0 bridgehead atoms. The lowest BCUT2D eigenvalue weighted by Crippen LogP contribution is -2.11. The Labute approximate surface area is 116 Å². The molecular formula is C15H15FN2O2. The summed E-state index contributed by atoms with van der Waals surface area (Å²) in [4.78, 5) is 15.0. The number of aromatic carboxylic acids is 1. The highest BCUT2D eigenvalue weighted by atomic mass is 19.1. The molecule has 1 aromatic heterocycles. The van der Waals surface area contributed by atoms with Gasteiger partial charge in [0.1, 0.15) is 17.2 Å². The van der Waals surface area contributed by atoms with Crippen LogP contribution in [0.4, 0.5) is 10.2 Å². The van der Waals surface area contributed by atoms with Gasteiger partial charge in [-0.1, -0.05) is 6.07 Å². The molecule has 0 unspecified atom stereocenters. The van der Waals surface area contributed by atoms with Gasteiger partial charge in [-0.25, -0.2) is 14.2 Å². The second-order valence-corrected chi connectivity index (χ2v) is 4.45. The molecule has 0 atom stereocenters. The van der Waals surface area contributed by atoms with E-state index in [1.807, 2.05) is 6.92 Å². The van der Waals surface area contributed by atoms with E-state index in [2.05, 4.69) is 10.3 Å². The van der Waals surface area contributed by atoms with Crippen LogP contribution in [-0.4, -0.2) is 22.6 Å². The molecule has 2 aromatic rings. The van der Waals surface area contributed by atoms with Gasteiger partial charge in [0.15, 0.2) is 0 Å². The molecule has 0 saturated carbocycles. The van der Waals surface area contributed by atoms with Crippen molar-refractivity contribution in [2.24, 2.45) is 0 Å². The maximum absolute atomic E-state index is 13.0. The average molecular weight is 274 g/mol. The minimum atomic E-state index is -1.02. The number of pyridine rings is 1. The number of hydrogen-bond donors (Lipinski definition) is 2. The number of nitrogens with one attached hydrogen (secondary N) is 1. The van der Waals surface area contributed by atoms with Crippen molar-refractivity contribution < 1.29 is 14.3 Å². The Morgan fingerprint density at radius 1 is 1.40 bits per heavy atom. The Balaban J connectivity index is 2.01. The van der Waals surface area contributed by atoms with E-state index in [9.17, 15) is 9.18 Å². The highest BCUT2D eigenvalue weighted by molar-refractivity contribution is 5.92. The van der Waals surface area contributed by atoms with Crippen LogP contribution in [0.15, 0.2) is 36.5 Å². The van der Waals surface area contributed by atoms with Crippen molar-refractivity contribution >= 4 is 11.8 Å². The predicted octanol–water partition coefficient (Wildman–Crippen LogP) is 2.88. The number of anilines is 1. The fourth-order valence-electron chi connectivity index (χ4n) is 1.97. The topological polar surface area (TPSA) is 62.2 Å². The number of halogens is 1. The molecule has 1 heterocycles. The molecule has 1 aromatic carbocycles. The van der Waals surface area contributed by atoms with Gasteiger partial charge in [-0.3, -0.25) is 0 Å². The number of aromatic nitrogens is 1. The summed E-state index contributed by atoms with van der Waals surface area (Å²) >= 11 is 0. The van der Waals surface area contributed by atoms with Crippen molar-refractivity contribution in [1.29, 1.82) is 0 Å². The Morgan fingerprint density at radius 3 is 2.90 bits per heavy atom. The van der Waals surface area contributed by atoms with Gasteiger partial charge >= 0.3 is 5.97 Å². The number of aryl methyl sites for hydroxylation is 1. The molecule has 0 aliphatic rings. The van der Waals surface area contributed by atoms with Gasteiger partial charge < -0.3 is 10.4 Å². The fraction of sp³-hybridized carbons (Fsp3) is 0.200. The zero-order valence-electron chi connectivity index (χ0n) is 11.1. The standard InChI is InChI=1S/C15H15FN2O2/c1-10-9-12(16)5-4-11(10)6-8-18-14-13(15(19)20)3-2-7-17-14/h2-5,7,9H,6,8H2,1H3,(H,17,18)(H,19,20). The molecule has 0 aliphatic carbocycles. The number of carbonyl (C=O) groups is 1. The smallest absolute Gasteiger partial charge is 0.339 e. The van der Waals surface area contributed by atoms with Crippen molar-refractivity contribution in [2.45, 2.75) is 13.3 Å². The molecule has 0 radical (unpaired) electrons. The Kier molecular flexibility index (Phi) is 4.30. The molecule has 0 fully saturated rings. The summed E-state index contributed by atoms with van der Waals surface area (Å²) in [6.45, 7) is 2.38. The van der Waals surface area contributed by atoms with Gasteiger partial charge in [0, 0.05) is 12.7 Å². The van der Waals surface area contributed by atoms with Gasteiger partial charge in [-0.15, -0.1) is 0 Å². The normalized spacial score (nSPS) is 10.3. The van der Waals surface area contributed by atoms with E-state index in [0.717, 1.165) is 11.1 Å². The Morgan fingerprint density at radius 2 is 2.20 bits per heavy atom. The van der Waals surface area contributed by atoms with E-state index < -0.39 is 5.97 Å². The lowest BCUT2D eigenvalue weighted by molar-refractivity contribution is 0.0697. The molecule has 20 heavy (non-hydrogen) atoms. The summed E-state index contributed by atoms with van der Waals surface area (Å²) in [5, 5.41) is 12.0. The summed E-state index contributed by atoms with van der Waals surface area (Å²) in [6.07, 6.45) is 2.21. The van der Waals surface area contributed by atoms with Gasteiger partial charge in [0.2, 0.25) is 0 Å². The number of carboxylic acid groups (broad SMARTS) is 1. The number of rotatable bonds is 5. The first-order valence-corrected chi connectivity index (χ1v) is 6.25. The van der Waals surface area contributed by atoms with Crippen LogP contribution in [0.2, 0.25) is 0 Å². The quantitative estimate of drug-likeness (QED) is 0.880. The molecular weight excluding hydrogens is 259 g/mol. The SMILES string of the molecule is Cc1cc(F)ccc1CCNc1ncccc1C(=O)O. The largest absolute Gasteiger partial charge is 0.478 e. The lowest BCUT2D eigenvalue weighted by atomic mass is 10.1. The van der Waals surface area contributed by atoms with Gasteiger partial charge in [0.25, 0.3) is 0 Å². The van der Waals surface area contributed by atoms with E-state index in [4.69, 9.17) is 5.11 Å². The maximum Gasteiger partial charge on any atom is 0.339 e. The maximum atomic E-state index is 13.0. The molecule has 2 rings (SSSR count). The predicted molar refractivity (Wildman–Crippen MR) is 74.5 cm³/mol. The van der Waals surface area contributed by atoms with E-state index in [0.29, 0.717) is 18.8 Å². The van der Waals surface area contributed by atoms with E-state index in [-0.39, 0.29) is 11.4 Å². The second-order valence-electron chi connectivity index (χ2n) is 4.45. The van der Waals surface area contributed by atoms with Crippen LogP contribution in [0, 0.1) is 12.7 Å². The van der Waals surface area contributed by atoms with E-state index in [1.165, 1.54) is 24.4 Å². The van der Waals surface area contributed by atoms with Crippen molar-refractivity contribution in [2.75, 3.05) is 11.9 Å². The van der Waals surface area contributed by atoms with Crippen molar-refractivity contribution in [3.63, 3.8) is 0 Å². The summed E-state index contributed by atoms with van der Waals surface area (Å²) in [5.41, 5.74) is 2.04. The van der Waals surface area contributed by atoms with Crippen LogP contribution in [-0.2, 0) is 6.42 Å². The molecule has 104 valence electrons. The third kappa shape index (κ3) is 3.32. The summed E-state index contributed by atoms with van der Waals surface area (Å²) in [6, 6.07) is 7.73. The summed E-state index contributed by atoms with van der Waals surface area (Å²) < 4.78 is 13.0. The zero-order chi connectivity index (χ0) is 14.5. The molecule has 0 aliphatic heterocycles. The van der Waals surface area contributed by atoms with Crippen molar-refractivity contribution in [3.8, 4) is 0 Å². The van der Waals surface area contributed by atoms with E-state index >= 15 is 0 Å².